The molecule has 0 amide bonds. The molecular weight excluding hydrogens is 346 g/mol. The summed E-state index contributed by atoms with van der Waals surface area (Å²) in [6.07, 6.45) is 0.244. The van der Waals surface area contributed by atoms with E-state index < -0.39 is 21.4 Å². The molecule has 23 heavy (non-hydrogen) atoms. The highest BCUT2D eigenvalue weighted by Gasteiger charge is 2.45. The lowest BCUT2D eigenvalue weighted by atomic mass is 9.90. The minimum absolute atomic E-state index is 0.0928. The Hall–Kier alpha value is -1.51. The summed E-state index contributed by atoms with van der Waals surface area (Å²) in [7, 11) is -1.18. The van der Waals surface area contributed by atoms with Gasteiger partial charge in [0.15, 0.2) is 0 Å². The van der Waals surface area contributed by atoms with E-state index in [0.717, 1.165) is 4.31 Å². The van der Waals surface area contributed by atoms with Crippen molar-refractivity contribution in [2.45, 2.75) is 18.2 Å². The smallest absolute Gasteiger partial charge is 0.310 e. The summed E-state index contributed by atoms with van der Waals surface area (Å²) in [6, 6.07) is 2.65. The average molecular weight is 364 g/mol. The molecule has 0 spiro atoms. The molecule has 0 saturated carbocycles. The number of nitrogens with zero attached hydrogens (tertiary/aromatic N) is 1. The third-order valence-corrected chi connectivity index (χ3v) is 6.17. The number of benzene rings is 1. The topological polar surface area (TPSA) is 93.1 Å². The SMILES string of the molecule is COc1cc(OC)c(S(=O)(=O)N2CCC(C)(C(=O)O)C2)cc1Cl. The first-order valence-corrected chi connectivity index (χ1v) is 8.62. The summed E-state index contributed by atoms with van der Waals surface area (Å²) in [5.41, 5.74) is -1.10. The number of aliphatic carboxylic acids is 1. The van der Waals surface area contributed by atoms with Gasteiger partial charge in [0, 0.05) is 19.2 Å². The number of carboxylic acids is 1. The summed E-state index contributed by atoms with van der Waals surface area (Å²) in [6.45, 7) is 1.55. The number of sulfonamides is 1. The van der Waals surface area contributed by atoms with Gasteiger partial charge in [-0.05, 0) is 19.4 Å². The first-order valence-electron chi connectivity index (χ1n) is 6.81. The van der Waals surface area contributed by atoms with Gasteiger partial charge in [-0.25, -0.2) is 8.42 Å². The molecule has 0 radical (unpaired) electrons. The van der Waals surface area contributed by atoms with Crippen LogP contribution >= 0.6 is 11.6 Å². The zero-order valence-electron chi connectivity index (χ0n) is 13.0. The second kappa shape index (κ2) is 6.18. The Balaban J connectivity index is 2.45. The molecule has 0 bridgehead atoms. The molecule has 0 aromatic heterocycles. The van der Waals surface area contributed by atoms with E-state index >= 15 is 0 Å². The summed E-state index contributed by atoms with van der Waals surface area (Å²) in [4.78, 5) is 11.2. The van der Waals surface area contributed by atoms with Gasteiger partial charge in [0.25, 0.3) is 0 Å². The number of carbonyl (C=O) groups is 1. The van der Waals surface area contributed by atoms with Gasteiger partial charge in [0.1, 0.15) is 16.4 Å². The lowest BCUT2D eigenvalue weighted by Crippen LogP contribution is -2.35. The van der Waals surface area contributed by atoms with Gasteiger partial charge in [0.2, 0.25) is 10.0 Å². The van der Waals surface area contributed by atoms with Gasteiger partial charge in [-0.3, -0.25) is 4.79 Å². The largest absolute Gasteiger partial charge is 0.495 e. The Bertz CT molecular complexity index is 735. The highest BCUT2D eigenvalue weighted by Crippen LogP contribution is 2.39. The van der Waals surface area contributed by atoms with Crippen LogP contribution < -0.4 is 9.47 Å². The van der Waals surface area contributed by atoms with Crippen molar-refractivity contribution in [2.24, 2.45) is 5.41 Å². The molecule has 1 atom stereocenters. The minimum Gasteiger partial charge on any atom is -0.495 e. The molecular formula is C14H18ClNO6S. The van der Waals surface area contributed by atoms with Crippen LogP contribution in [-0.4, -0.2) is 51.1 Å². The van der Waals surface area contributed by atoms with Crippen LogP contribution in [0.4, 0.5) is 0 Å². The first-order chi connectivity index (χ1) is 10.7. The lowest BCUT2D eigenvalue weighted by Gasteiger charge is -2.21. The van der Waals surface area contributed by atoms with Crippen molar-refractivity contribution >= 4 is 27.6 Å². The molecule has 1 saturated heterocycles. The maximum absolute atomic E-state index is 12.8. The van der Waals surface area contributed by atoms with Crippen LogP contribution in [-0.2, 0) is 14.8 Å². The van der Waals surface area contributed by atoms with Gasteiger partial charge in [-0.1, -0.05) is 11.6 Å². The van der Waals surface area contributed by atoms with Crippen molar-refractivity contribution in [3.63, 3.8) is 0 Å². The Kier molecular flexibility index (Phi) is 4.79. The first kappa shape index (κ1) is 17.8. The van der Waals surface area contributed by atoms with Crippen LogP contribution in [0.1, 0.15) is 13.3 Å². The van der Waals surface area contributed by atoms with Crippen molar-refractivity contribution in [2.75, 3.05) is 27.3 Å². The van der Waals surface area contributed by atoms with Crippen LogP contribution in [0.25, 0.3) is 0 Å². The highest BCUT2D eigenvalue weighted by atomic mass is 35.5. The molecule has 1 aromatic rings. The lowest BCUT2D eigenvalue weighted by molar-refractivity contribution is -0.146. The van der Waals surface area contributed by atoms with E-state index in [1.807, 2.05) is 0 Å². The van der Waals surface area contributed by atoms with Crippen molar-refractivity contribution in [1.82, 2.24) is 4.31 Å². The number of carboxylic acid groups (broad SMARTS) is 1. The van der Waals surface area contributed by atoms with Gasteiger partial charge in [0.05, 0.1) is 24.7 Å². The Morgan fingerprint density at radius 2 is 1.91 bits per heavy atom. The molecule has 1 fully saturated rings. The summed E-state index contributed by atoms with van der Waals surface area (Å²) in [5.74, 6) is -0.635. The standard InChI is InChI=1S/C14H18ClNO6S/c1-14(13(17)18)4-5-16(8-14)23(19,20)12-6-9(15)10(21-2)7-11(12)22-3/h6-7H,4-5,8H2,1-3H3,(H,17,18). The number of hydrogen-bond donors (Lipinski definition) is 1. The van der Waals surface area contributed by atoms with Gasteiger partial charge in [-0.15, -0.1) is 0 Å². The highest BCUT2D eigenvalue weighted by molar-refractivity contribution is 7.89. The van der Waals surface area contributed by atoms with Gasteiger partial charge in [-0.2, -0.15) is 4.31 Å². The second-order valence-corrected chi connectivity index (χ2v) is 7.91. The van der Waals surface area contributed by atoms with Gasteiger partial charge >= 0.3 is 5.97 Å². The zero-order chi connectivity index (χ0) is 17.4. The Labute approximate surface area is 139 Å². The van der Waals surface area contributed by atoms with Crippen LogP contribution in [0.5, 0.6) is 11.5 Å². The molecule has 9 heteroatoms. The third kappa shape index (κ3) is 3.11. The van der Waals surface area contributed by atoms with E-state index in [-0.39, 0.29) is 35.2 Å². The van der Waals surface area contributed by atoms with E-state index in [0.29, 0.717) is 5.75 Å². The van der Waals surface area contributed by atoms with Crippen molar-refractivity contribution in [1.29, 1.82) is 0 Å². The predicted octanol–water partition coefficient (Wildman–Crippen LogP) is 1.84. The molecule has 1 aliphatic rings. The van der Waals surface area contributed by atoms with E-state index in [4.69, 9.17) is 21.1 Å². The molecule has 7 nitrogen and oxygen atoms in total. The fourth-order valence-electron chi connectivity index (χ4n) is 2.47. The Morgan fingerprint density at radius 1 is 1.30 bits per heavy atom. The van der Waals surface area contributed by atoms with Crippen LogP contribution in [0.15, 0.2) is 17.0 Å². The average Bonchev–Trinajstić information content (AvgIpc) is 2.91. The third-order valence-electron chi connectivity index (χ3n) is 4.01. The summed E-state index contributed by atoms with van der Waals surface area (Å²) in [5, 5.41) is 9.39. The monoisotopic (exact) mass is 363 g/mol. The molecule has 1 heterocycles. The second-order valence-electron chi connectivity index (χ2n) is 5.59. The predicted molar refractivity (Wildman–Crippen MR) is 83.7 cm³/mol. The van der Waals surface area contributed by atoms with Crippen LogP contribution in [0, 0.1) is 5.41 Å². The molecule has 0 aliphatic carbocycles. The molecule has 128 valence electrons. The minimum atomic E-state index is -3.93. The fourth-order valence-corrected chi connectivity index (χ4v) is 4.51. The molecule has 2 rings (SSSR count). The van der Waals surface area contributed by atoms with Crippen LogP contribution in [0.2, 0.25) is 5.02 Å². The van der Waals surface area contributed by atoms with E-state index in [9.17, 15) is 18.3 Å². The number of methoxy groups -OCH3 is 2. The molecule has 1 aromatic carbocycles. The zero-order valence-corrected chi connectivity index (χ0v) is 14.6. The number of ether oxygens (including phenoxy) is 2. The number of hydrogen-bond acceptors (Lipinski definition) is 5. The molecule has 1 aliphatic heterocycles. The van der Waals surface area contributed by atoms with Crippen LogP contribution in [0.3, 0.4) is 0 Å². The maximum atomic E-state index is 12.8. The van der Waals surface area contributed by atoms with Crippen molar-refractivity contribution in [3.8, 4) is 11.5 Å². The number of rotatable bonds is 5. The van der Waals surface area contributed by atoms with Crippen molar-refractivity contribution in [3.05, 3.63) is 17.2 Å². The quantitative estimate of drug-likeness (QED) is 0.858. The Morgan fingerprint density at radius 3 is 2.39 bits per heavy atom. The molecule has 1 N–H and O–H groups in total. The fraction of sp³-hybridized carbons (Fsp3) is 0.500. The maximum Gasteiger partial charge on any atom is 0.310 e. The van der Waals surface area contributed by atoms with E-state index in [2.05, 4.69) is 0 Å². The van der Waals surface area contributed by atoms with Gasteiger partial charge < -0.3 is 14.6 Å². The number of halogens is 1. The van der Waals surface area contributed by atoms with Crippen molar-refractivity contribution < 1.29 is 27.8 Å². The normalized spacial score (nSPS) is 22.1. The van der Waals surface area contributed by atoms with E-state index in [1.54, 1.807) is 0 Å². The molecule has 1 unspecified atom stereocenters. The summed E-state index contributed by atoms with van der Waals surface area (Å²) >= 11 is 6.02. The summed E-state index contributed by atoms with van der Waals surface area (Å²) < 4.78 is 37.0. The van der Waals surface area contributed by atoms with E-state index in [1.165, 1.54) is 33.3 Å².